The molecular formula is C37H60BN3O9. The molecule has 2 N–H and O–H groups in total. The molecule has 0 saturated carbocycles. The van der Waals surface area contributed by atoms with Gasteiger partial charge in [0, 0.05) is 19.0 Å². The van der Waals surface area contributed by atoms with Gasteiger partial charge in [-0.3, -0.25) is 9.69 Å². The van der Waals surface area contributed by atoms with E-state index < -0.39 is 65.6 Å². The van der Waals surface area contributed by atoms with Crippen LogP contribution in [0.4, 0.5) is 9.59 Å². The normalized spacial score (nSPS) is 22.0. The van der Waals surface area contributed by atoms with Gasteiger partial charge in [0.15, 0.2) is 0 Å². The van der Waals surface area contributed by atoms with Crippen LogP contribution >= 0.6 is 0 Å². The Morgan fingerprint density at radius 1 is 0.980 bits per heavy atom. The van der Waals surface area contributed by atoms with Crippen LogP contribution in [0.2, 0.25) is 6.32 Å². The molecule has 2 saturated heterocycles. The highest BCUT2D eigenvalue weighted by Crippen LogP contribution is 2.39. The van der Waals surface area contributed by atoms with E-state index in [-0.39, 0.29) is 32.6 Å². The third kappa shape index (κ3) is 11.3. The Balaban J connectivity index is 1.85. The Kier molecular flexibility index (Phi) is 14.6. The Morgan fingerprint density at radius 2 is 1.64 bits per heavy atom. The van der Waals surface area contributed by atoms with Crippen molar-refractivity contribution in [1.82, 2.24) is 15.5 Å². The quantitative estimate of drug-likeness (QED) is 0.0901. The summed E-state index contributed by atoms with van der Waals surface area (Å²) in [4.78, 5) is 55.5. The second-order valence-electron chi connectivity index (χ2n) is 15.4. The van der Waals surface area contributed by atoms with Gasteiger partial charge in [0.25, 0.3) is 0 Å². The molecule has 1 aromatic rings. The number of amides is 3. The van der Waals surface area contributed by atoms with E-state index >= 15 is 0 Å². The van der Waals surface area contributed by atoms with Crippen molar-refractivity contribution in [2.75, 3.05) is 13.2 Å². The Bertz CT molecular complexity index is 1270. The summed E-state index contributed by atoms with van der Waals surface area (Å²) in [7, 11) is -0.391. The molecule has 2 heterocycles. The van der Waals surface area contributed by atoms with Crippen LogP contribution in [0, 0.1) is 0 Å². The number of nitrogens with zero attached hydrogens (tertiary/aromatic N) is 1. The van der Waals surface area contributed by atoms with Gasteiger partial charge >= 0.3 is 25.3 Å². The van der Waals surface area contributed by atoms with E-state index in [4.69, 9.17) is 23.5 Å². The topological polar surface area (TPSA) is 142 Å². The van der Waals surface area contributed by atoms with Gasteiger partial charge in [-0.1, -0.05) is 63.4 Å². The molecule has 13 heteroatoms. The summed E-state index contributed by atoms with van der Waals surface area (Å²) in [6, 6.07) is 8.03. The van der Waals surface area contributed by atoms with Gasteiger partial charge in [-0.2, -0.15) is 0 Å². The van der Waals surface area contributed by atoms with Crippen LogP contribution in [-0.2, 0) is 39.7 Å². The lowest BCUT2D eigenvalue weighted by Crippen LogP contribution is -2.65. The number of benzene rings is 1. The average molecular weight is 702 g/mol. The number of hydrogen-bond acceptors (Lipinski definition) is 9. The van der Waals surface area contributed by atoms with Crippen molar-refractivity contribution in [2.24, 2.45) is 0 Å². The zero-order chi connectivity index (χ0) is 37.2. The molecule has 2 unspecified atom stereocenters. The maximum absolute atomic E-state index is 14.4. The number of piperidine rings is 1. The summed E-state index contributed by atoms with van der Waals surface area (Å²) < 4.78 is 29.4. The maximum atomic E-state index is 14.4. The first kappa shape index (κ1) is 41.1. The fraction of sp³-hybridized carbons (Fsp3) is 0.730. The molecule has 0 bridgehead atoms. The molecule has 3 atom stereocenters. The smallest absolute Gasteiger partial charge is 0.457 e. The van der Waals surface area contributed by atoms with Gasteiger partial charge < -0.3 is 34.2 Å². The first-order valence-electron chi connectivity index (χ1n) is 18.2. The minimum Gasteiger partial charge on any atom is -0.459 e. The molecule has 280 valence electrons. The van der Waals surface area contributed by atoms with Gasteiger partial charge in [-0.25, -0.2) is 14.4 Å². The lowest BCUT2D eigenvalue weighted by molar-refractivity contribution is -0.163. The van der Waals surface area contributed by atoms with Crippen LogP contribution in [-0.4, -0.2) is 83.7 Å². The Hall–Kier alpha value is -3.32. The highest BCUT2D eigenvalue weighted by molar-refractivity contribution is 6.45. The third-order valence-corrected chi connectivity index (χ3v) is 9.68. The predicted octanol–water partition coefficient (Wildman–Crippen LogP) is 6.55. The zero-order valence-corrected chi connectivity index (χ0v) is 31.7. The molecule has 3 amide bonds. The standard InChI is InChI=1S/C37H60BN3O9/c1-10-12-24-46-33(45)41-23-20-28(39-30(42)29(11-2)40-32(44)48-34(3,4)5)25-37(41,31(43)47-26-27-18-14-13-15-19-27)21-16-17-22-38-49-35(6,7)36(8,9)50-38/h13-15,18-19,28-29H,10-12,16-17,20-26H2,1-9H3,(H,39,42)(H,40,44)/t28?,29?,37-/m1/s1. The van der Waals surface area contributed by atoms with E-state index in [9.17, 15) is 19.2 Å². The first-order valence-corrected chi connectivity index (χ1v) is 18.2. The molecule has 1 aromatic carbocycles. The van der Waals surface area contributed by atoms with E-state index in [1.54, 1.807) is 27.7 Å². The van der Waals surface area contributed by atoms with Gasteiger partial charge in [0.1, 0.15) is 23.8 Å². The summed E-state index contributed by atoms with van der Waals surface area (Å²) in [6.07, 6.45) is 3.22. The Labute approximate surface area is 299 Å². The number of ether oxygens (including phenoxy) is 3. The fourth-order valence-corrected chi connectivity index (χ4v) is 6.20. The molecule has 2 fully saturated rings. The van der Waals surface area contributed by atoms with Crippen LogP contribution in [0.3, 0.4) is 0 Å². The van der Waals surface area contributed by atoms with Crippen LogP contribution < -0.4 is 10.6 Å². The largest absolute Gasteiger partial charge is 0.459 e. The lowest BCUT2D eigenvalue weighted by atomic mass is 9.77. The van der Waals surface area contributed by atoms with Crippen LogP contribution in [0.15, 0.2) is 30.3 Å². The molecule has 0 spiro atoms. The summed E-state index contributed by atoms with van der Waals surface area (Å²) in [5.74, 6) is -0.947. The summed E-state index contributed by atoms with van der Waals surface area (Å²) in [6.45, 7) is 17.5. The van der Waals surface area contributed by atoms with Crippen molar-refractivity contribution in [3.8, 4) is 0 Å². The predicted molar refractivity (Wildman–Crippen MR) is 191 cm³/mol. The summed E-state index contributed by atoms with van der Waals surface area (Å²) >= 11 is 0. The van der Waals surface area contributed by atoms with E-state index in [0.717, 1.165) is 12.0 Å². The van der Waals surface area contributed by atoms with Crippen LogP contribution in [0.5, 0.6) is 0 Å². The SMILES string of the molecule is CCCCOC(=O)N1CCC(NC(=O)C(CC)NC(=O)OC(C)(C)C)C[C@]1(CCCCB1OC(C)(C)C(C)(C)O1)C(=O)OCc1ccccc1. The maximum Gasteiger partial charge on any atom is 0.457 e. The van der Waals surface area contributed by atoms with Crippen molar-refractivity contribution in [1.29, 1.82) is 0 Å². The number of nitrogens with one attached hydrogen (secondary N) is 2. The molecule has 0 aliphatic carbocycles. The van der Waals surface area contributed by atoms with E-state index in [1.165, 1.54) is 4.90 Å². The molecule has 50 heavy (non-hydrogen) atoms. The zero-order valence-electron chi connectivity index (χ0n) is 31.7. The third-order valence-electron chi connectivity index (χ3n) is 9.68. The number of unbranched alkanes of at least 4 members (excludes halogenated alkanes) is 2. The molecule has 12 nitrogen and oxygen atoms in total. The molecular weight excluding hydrogens is 641 g/mol. The van der Waals surface area contributed by atoms with Crippen LogP contribution in [0.25, 0.3) is 0 Å². The summed E-state index contributed by atoms with van der Waals surface area (Å²) in [5, 5.41) is 5.71. The van der Waals surface area contributed by atoms with Gasteiger partial charge in [0.05, 0.1) is 17.8 Å². The summed E-state index contributed by atoms with van der Waals surface area (Å²) in [5.41, 5.74) is -2.23. The van der Waals surface area contributed by atoms with Crippen molar-refractivity contribution in [3.63, 3.8) is 0 Å². The van der Waals surface area contributed by atoms with Gasteiger partial charge in [0.2, 0.25) is 5.91 Å². The monoisotopic (exact) mass is 701 g/mol. The van der Waals surface area contributed by atoms with E-state index in [1.807, 2.05) is 65.0 Å². The second-order valence-corrected chi connectivity index (χ2v) is 15.4. The number of alkyl carbamates (subject to hydrolysis) is 1. The van der Waals surface area contributed by atoms with Crippen molar-refractivity contribution in [3.05, 3.63) is 35.9 Å². The molecule has 0 aromatic heterocycles. The minimum atomic E-state index is -1.41. The minimum absolute atomic E-state index is 0.0306. The first-order chi connectivity index (χ1) is 23.4. The second kappa shape index (κ2) is 17.8. The van der Waals surface area contributed by atoms with E-state index in [0.29, 0.717) is 38.4 Å². The van der Waals surface area contributed by atoms with Gasteiger partial charge in [-0.15, -0.1) is 0 Å². The van der Waals surface area contributed by atoms with Crippen molar-refractivity contribution in [2.45, 2.75) is 161 Å². The molecule has 0 radical (unpaired) electrons. The number of rotatable bonds is 15. The molecule has 2 aliphatic heterocycles. The fourth-order valence-electron chi connectivity index (χ4n) is 6.20. The number of carbonyl (C=O) groups is 4. The van der Waals surface area contributed by atoms with Crippen molar-refractivity contribution >= 4 is 31.2 Å². The number of hydrogen-bond donors (Lipinski definition) is 2. The highest BCUT2D eigenvalue weighted by Gasteiger charge is 2.53. The van der Waals surface area contributed by atoms with Crippen molar-refractivity contribution < 1.29 is 42.7 Å². The number of carbonyl (C=O) groups excluding carboxylic acids is 4. The molecule has 3 rings (SSSR count). The number of likely N-dealkylation sites (tertiary alicyclic amines) is 1. The Morgan fingerprint density at radius 3 is 2.24 bits per heavy atom. The van der Waals surface area contributed by atoms with Crippen LogP contribution in [0.1, 0.15) is 119 Å². The van der Waals surface area contributed by atoms with E-state index in [2.05, 4.69) is 10.6 Å². The number of esters is 1. The average Bonchev–Trinajstić information content (AvgIpc) is 3.25. The lowest BCUT2D eigenvalue weighted by Gasteiger charge is -2.47. The van der Waals surface area contributed by atoms with Gasteiger partial charge in [-0.05, 0) is 86.0 Å². The highest BCUT2D eigenvalue weighted by atomic mass is 16.7. The molecule has 2 aliphatic rings.